The summed E-state index contributed by atoms with van der Waals surface area (Å²) in [4.78, 5) is 15.0. The second-order valence-electron chi connectivity index (χ2n) is 7.82. The van der Waals surface area contributed by atoms with Gasteiger partial charge in [0.1, 0.15) is 0 Å². The second kappa shape index (κ2) is 11.3. The first kappa shape index (κ1) is 22.5. The summed E-state index contributed by atoms with van der Waals surface area (Å²) in [6.45, 7) is 4.87. The van der Waals surface area contributed by atoms with Crippen molar-refractivity contribution in [2.75, 3.05) is 7.11 Å². The van der Waals surface area contributed by atoms with Crippen LogP contribution >= 0.6 is 0 Å². The Kier molecular flexibility index (Phi) is 8.19. The van der Waals surface area contributed by atoms with Gasteiger partial charge >= 0.3 is 5.97 Å². The summed E-state index contributed by atoms with van der Waals surface area (Å²) < 4.78 is 5.13. The van der Waals surface area contributed by atoms with Gasteiger partial charge in [0.15, 0.2) is 0 Å². The van der Waals surface area contributed by atoms with Gasteiger partial charge in [-0.25, -0.2) is 0 Å². The number of methoxy groups -OCH3 is 1. The fourth-order valence-electron chi connectivity index (χ4n) is 3.88. The Hall–Kier alpha value is -3.17. The van der Waals surface area contributed by atoms with Crippen molar-refractivity contribution >= 4 is 12.0 Å². The van der Waals surface area contributed by atoms with E-state index in [-0.39, 0.29) is 24.0 Å². The minimum Gasteiger partial charge on any atom is -0.469 e. The minimum atomic E-state index is -0.320. The summed E-state index contributed by atoms with van der Waals surface area (Å²) in [6, 6.07) is 31.0. The van der Waals surface area contributed by atoms with E-state index in [1.807, 2.05) is 37.3 Å². The Bertz CT molecular complexity index is 954. The Labute approximate surface area is 186 Å². The highest BCUT2D eigenvalue weighted by Gasteiger charge is 2.31. The molecule has 0 amide bonds. The van der Waals surface area contributed by atoms with Crippen molar-refractivity contribution in [2.45, 2.75) is 32.5 Å². The van der Waals surface area contributed by atoms with E-state index < -0.39 is 0 Å². The summed E-state index contributed by atoms with van der Waals surface area (Å²) in [7, 11) is 1.46. The van der Waals surface area contributed by atoms with Gasteiger partial charge in [-0.05, 0) is 23.6 Å². The fourth-order valence-corrected chi connectivity index (χ4v) is 3.88. The number of carbonyl (C=O) groups is 1. The quantitative estimate of drug-likeness (QED) is 0.395. The van der Waals surface area contributed by atoms with Gasteiger partial charge in [-0.15, -0.1) is 0 Å². The zero-order chi connectivity index (χ0) is 22.1. The molecule has 31 heavy (non-hydrogen) atoms. The van der Waals surface area contributed by atoms with E-state index in [9.17, 15) is 4.79 Å². The first-order valence-electron chi connectivity index (χ1n) is 10.8. The van der Waals surface area contributed by atoms with Crippen molar-refractivity contribution in [3.05, 3.63) is 114 Å². The summed E-state index contributed by atoms with van der Waals surface area (Å²) >= 11 is 0. The standard InChI is InChI=1S/C28H31NO2/c1-22(28(30)31-3)27(20-19-24-13-7-4-8-14-24)29(21-25-15-9-5-10-16-25)23(2)26-17-11-6-12-18-26/h4-20,22-23,27H,21H2,1-3H3/b20-19+/t22-,23-,27-/m0/s1. The van der Waals surface area contributed by atoms with Gasteiger partial charge in [-0.3, -0.25) is 9.69 Å². The van der Waals surface area contributed by atoms with E-state index in [0.29, 0.717) is 0 Å². The molecule has 0 aliphatic carbocycles. The Morgan fingerprint density at radius 1 is 0.871 bits per heavy atom. The van der Waals surface area contributed by atoms with Gasteiger partial charge in [0.05, 0.1) is 13.0 Å². The molecule has 0 saturated heterocycles. The van der Waals surface area contributed by atoms with Crippen LogP contribution in [0.5, 0.6) is 0 Å². The van der Waals surface area contributed by atoms with E-state index >= 15 is 0 Å². The van der Waals surface area contributed by atoms with Crippen molar-refractivity contribution in [3.63, 3.8) is 0 Å². The number of nitrogens with zero attached hydrogens (tertiary/aromatic N) is 1. The van der Waals surface area contributed by atoms with Crippen molar-refractivity contribution in [1.29, 1.82) is 0 Å². The summed E-state index contributed by atoms with van der Waals surface area (Å²) in [5.41, 5.74) is 3.53. The van der Waals surface area contributed by atoms with Crippen LogP contribution in [0, 0.1) is 5.92 Å². The molecule has 3 aromatic carbocycles. The molecule has 3 atom stereocenters. The molecule has 0 aromatic heterocycles. The van der Waals surface area contributed by atoms with E-state index in [4.69, 9.17) is 4.74 Å². The maximum Gasteiger partial charge on any atom is 0.310 e. The molecule has 3 rings (SSSR count). The van der Waals surface area contributed by atoms with Gasteiger partial charge in [0, 0.05) is 18.6 Å². The molecule has 3 heteroatoms. The third-order valence-corrected chi connectivity index (χ3v) is 5.74. The SMILES string of the molecule is COC(=O)[C@@H](C)[C@H](/C=C/c1ccccc1)N(Cc1ccccc1)[C@@H](C)c1ccccc1. The number of hydrogen-bond donors (Lipinski definition) is 0. The monoisotopic (exact) mass is 413 g/mol. The molecule has 160 valence electrons. The summed E-state index contributed by atoms with van der Waals surface area (Å²) in [5, 5.41) is 0. The van der Waals surface area contributed by atoms with Crippen molar-refractivity contribution in [1.82, 2.24) is 4.90 Å². The van der Waals surface area contributed by atoms with E-state index in [2.05, 4.69) is 84.6 Å². The lowest BCUT2D eigenvalue weighted by atomic mass is 9.94. The number of rotatable bonds is 9. The molecular weight excluding hydrogens is 382 g/mol. The number of esters is 1. The van der Waals surface area contributed by atoms with Gasteiger partial charge < -0.3 is 4.74 Å². The lowest BCUT2D eigenvalue weighted by molar-refractivity contribution is -0.147. The van der Waals surface area contributed by atoms with Crippen LogP contribution < -0.4 is 0 Å². The van der Waals surface area contributed by atoms with Gasteiger partial charge in [0.2, 0.25) is 0 Å². The number of hydrogen-bond acceptors (Lipinski definition) is 3. The molecule has 3 nitrogen and oxygen atoms in total. The summed E-state index contributed by atoms with van der Waals surface area (Å²) in [6.07, 6.45) is 4.24. The zero-order valence-electron chi connectivity index (χ0n) is 18.5. The van der Waals surface area contributed by atoms with Crippen LogP contribution in [0.15, 0.2) is 97.1 Å². The smallest absolute Gasteiger partial charge is 0.310 e. The first-order valence-corrected chi connectivity index (χ1v) is 10.8. The zero-order valence-corrected chi connectivity index (χ0v) is 18.5. The molecule has 0 heterocycles. The molecule has 0 N–H and O–H groups in total. The molecular formula is C28H31NO2. The molecule has 0 radical (unpaired) electrons. The molecule has 0 fully saturated rings. The molecule has 0 aliphatic heterocycles. The average Bonchev–Trinajstić information content (AvgIpc) is 2.84. The molecule has 3 aromatic rings. The number of benzene rings is 3. The maximum absolute atomic E-state index is 12.6. The number of carbonyl (C=O) groups excluding carboxylic acids is 1. The Morgan fingerprint density at radius 2 is 1.42 bits per heavy atom. The molecule has 0 spiro atoms. The van der Waals surface area contributed by atoms with Crippen molar-refractivity contribution < 1.29 is 9.53 Å². The van der Waals surface area contributed by atoms with E-state index in [1.54, 1.807) is 0 Å². The highest BCUT2D eigenvalue weighted by atomic mass is 16.5. The van der Waals surface area contributed by atoms with E-state index in [1.165, 1.54) is 18.2 Å². The van der Waals surface area contributed by atoms with Gasteiger partial charge in [-0.1, -0.05) is 110 Å². The van der Waals surface area contributed by atoms with Gasteiger partial charge in [0.25, 0.3) is 0 Å². The molecule has 0 unspecified atom stereocenters. The largest absolute Gasteiger partial charge is 0.469 e. The Morgan fingerprint density at radius 3 is 2.00 bits per heavy atom. The maximum atomic E-state index is 12.6. The van der Waals surface area contributed by atoms with Crippen molar-refractivity contribution in [2.24, 2.45) is 5.92 Å². The van der Waals surface area contributed by atoms with Gasteiger partial charge in [-0.2, -0.15) is 0 Å². The number of ether oxygens (including phenoxy) is 1. The summed E-state index contributed by atoms with van der Waals surface area (Å²) in [5.74, 6) is -0.527. The minimum absolute atomic E-state index is 0.110. The van der Waals surface area contributed by atoms with Crippen LogP contribution in [0.25, 0.3) is 6.08 Å². The molecule has 0 aliphatic rings. The second-order valence-corrected chi connectivity index (χ2v) is 7.82. The average molecular weight is 414 g/mol. The first-order chi connectivity index (χ1) is 15.1. The van der Waals surface area contributed by atoms with Crippen LogP contribution in [0.3, 0.4) is 0 Å². The fraction of sp³-hybridized carbons (Fsp3) is 0.250. The molecule has 0 bridgehead atoms. The van der Waals surface area contributed by atoms with Crippen LogP contribution in [-0.4, -0.2) is 24.0 Å². The van der Waals surface area contributed by atoms with E-state index in [0.717, 1.165) is 12.1 Å². The normalized spacial score (nSPS) is 14.3. The third-order valence-electron chi connectivity index (χ3n) is 5.74. The third kappa shape index (κ3) is 6.16. The van der Waals surface area contributed by atoms with Crippen LogP contribution in [0.2, 0.25) is 0 Å². The van der Waals surface area contributed by atoms with Crippen LogP contribution in [0.4, 0.5) is 0 Å². The lowest BCUT2D eigenvalue weighted by Crippen LogP contribution is -2.42. The topological polar surface area (TPSA) is 29.5 Å². The molecule has 0 saturated carbocycles. The van der Waals surface area contributed by atoms with Crippen molar-refractivity contribution in [3.8, 4) is 0 Å². The lowest BCUT2D eigenvalue weighted by Gasteiger charge is -2.37. The predicted molar refractivity (Wildman–Crippen MR) is 127 cm³/mol. The highest BCUT2D eigenvalue weighted by Crippen LogP contribution is 2.29. The Balaban J connectivity index is 2.01. The highest BCUT2D eigenvalue weighted by molar-refractivity contribution is 5.73. The predicted octanol–water partition coefficient (Wildman–Crippen LogP) is 6.14. The van der Waals surface area contributed by atoms with Crippen LogP contribution in [-0.2, 0) is 16.1 Å². The van der Waals surface area contributed by atoms with Crippen LogP contribution in [0.1, 0.15) is 36.6 Å².